The second kappa shape index (κ2) is 7.22. The summed E-state index contributed by atoms with van der Waals surface area (Å²) < 4.78 is 0. The molecule has 0 aromatic carbocycles. The number of carbonyl (C=O) groups is 1. The van der Waals surface area contributed by atoms with Crippen molar-refractivity contribution in [2.24, 2.45) is 0 Å². The molecule has 2 rings (SSSR count). The van der Waals surface area contributed by atoms with Gasteiger partial charge in [-0.05, 0) is 26.2 Å². The van der Waals surface area contributed by atoms with Gasteiger partial charge in [0.15, 0.2) is 0 Å². The van der Waals surface area contributed by atoms with E-state index >= 15 is 0 Å². The van der Waals surface area contributed by atoms with E-state index < -0.39 is 0 Å². The van der Waals surface area contributed by atoms with Gasteiger partial charge in [-0.1, -0.05) is 19.8 Å². The van der Waals surface area contributed by atoms with Crippen molar-refractivity contribution in [2.75, 3.05) is 18.4 Å². The Hall–Kier alpha value is -1.65. The first kappa shape index (κ1) is 14.8. The van der Waals surface area contributed by atoms with E-state index in [1.54, 1.807) is 12.4 Å². The van der Waals surface area contributed by atoms with E-state index in [1.165, 1.54) is 12.8 Å². The number of nitrogens with one attached hydrogen (secondary N) is 1. The van der Waals surface area contributed by atoms with Gasteiger partial charge in [0.2, 0.25) is 0 Å². The number of amides is 1. The van der Waals surface area contributed by atoms with Crippen LogP contribution in [-0.4, -0.2) is 39.9 Å². The van der Waals surface area contributed by atoms with Gasteiger partial charge in [0, 0.05) is 19.1 Å². The third-order valence-electron chi connectivity index (χ3n) is 3.84. The summed E-state index contributed by atoms with van der Waals surface area (Å²) in [7, 11) is 0. The highest BCUT2D eigenvalue weighted by molar-refractivity contribution is 5.92. The third-order valence-corrected chi connectivity index (χ3v) is 3.84. The highest BCUT2D eigenvalue weighted by atomic mass is 16.2. The molecule has 20 heavy (non-hydrogen) atoms. The summed E-state index contributed by atoms with van der Waals surface area (Å²) in [5.41, 5.74) is 0.451. The molecule has 5 nitrogen and oxygen atoms in total. The fourth-order valence-electron chi connectivity index (χ4n) is 2.73. The molecule has 0 bridgehead atoms. The Kier molecular flexibility index (Phi) is 5.32. The molecule has 5 heteroatoms. The first-order chi connectivity index (χ1) is 9.76. The van der Waals surface area contributed by atoms with Crippen LogP contribution in [0.15, 0.2) is 12.4 Å². The standard InChI is InChI=1S/C15H24N4O/c1-3-12-8-6-5-7-9-19(12)15(20)13-10-18-14(11-17-13)16-4-2/h10-12H,3-9H2,1-2H3,(H,16,18). The zero-order chi connectivity index (χ0) is 14.4. The minimum absolute atomic E-state index is 0.0225. The molecule has 1 unspecified atom stereocenters. The maximum Gasteiger partial charge on any atom is 0.274 e. The Morgan fingerprint density at radius 3 is 2.80 bits per heavy atom. The van der Waals surface area contributed by atoms with E-state index in [9.17, 15) is 4.79 Å². The Bertz CT molecular complexity index is 432. The highest BCUT2D eigenvalue weighted by Gasteiger charge is 2.25. The number of rotatable bonds is 4. The summed E-state index contributed by atoms with van der Waals surface area (Å²) >= 11 is 0. The highest BCUT2D eigenvalue weighted by Crippen LogP contribution is 2.20. The Balaban J connectivity index is 2.11. The van der Waals surface area contributed by atoms with Crippen molar-refractivity contribution < 1.29 is 4.79 Å². The van der Waals surface area contributed by atoms with Gasteiger partial charge in [-0.3, -0.25) is 4.79 Å². The summed E-state index contributed by atoms with van der Waals surface area (Å²) in [5, 5.41) is 3.08. The number of carbonyl (C=O) groups excluding carboxylic acids is 1. The molecule has 1 amide bonds. The van der Waals surface area contributed by atoms with Gasteiger partial charge in [0.25, 0.3) is 5.91 Å². The van der Waals surface area contributed by atoms with Crippen molar-refractivity contribution in [1.82, 2.24) is 14.9 Å². The average Bonchev–Trinajstić information content (AvgIpc) is 2.72. The van der Waals surface area contributed by atoms with Gasteiger partial charge >= 0.3 is 0 Å². The molecule has 0 aliphatic carbocycles. The molecule has 0 radical (unpaired) electrons. The second-order valence-electron chi connectivity index (χ2n) is 5.23. The van der Waals surface area contributed by atoms with Crippen LogP contribution in [-0.2, 0) is 0 Å². The molecule has 1 atom stereocenters. The predicted molar refractivity (Wildman–Crippen MR) is 79.8 cm³/mol. The lowest BCUT2D eigenvalue weighted by molar-refractivity contribution is 0.0671. The first-order valence-electron chi connectivity index (χ1n) is 7.63. The lowest BCUT2D eigenvalue weighted by atomic mass is 10.1. The zero-order valence-corrected chi connectivity index (χ0v) is 12.4. The number of anilines is 1. The van der Waals surface area contributed by atoms with Crippen LogP contribution >= 0.6 is 0 Å². The van der Waals surface area contributed by atoms with Crippen LogP contribution in [0, 0.1) is 0 Å². The molecule has 2 heterocycles. The van der Waals surface area contributed by atoms with Gasteiger partial charge in [0.05, 0.1) is 12.4 Å². The predicted octanol–water partition coefficient (Wildman–Crippen LogP) is 2.70. The number of nitrogens with zero attached hydrogens (tertiary/aromatic N) is 3. The molecule has 1 saturated heterocycles. The quantitative estimate of drug-likeness (QED) is 0.918. The van der Waals surface area contributed by atoms with Crippen molar-refractivity contribution in [3.8, 4) is 0 Å². The molecule has 0 spiro atoms. The minimum atomic E-state index is 0.0225. The summed E-state index contributed by atoms with van der Waals surface area (Å²) in [6, 6.07) is 0.347. The second-order valence-corrected chi connectivity index (χ2v) is 5.23. The van der Waals surface area contributed by atoms with Crippen LogP contribution in [0.4, 0.5) is 5.82 Å². The van der Waals surface area contributed by atoms with E-state index in [0.29, 0.717) is 17.6 Å². The normalized spacial score (nSPS) is 19.5. The van der Waals surface area contributed by atoms with Crippen molar-refractivity contribution in [2.45, 2.75) is 52.0 Å². The van der Waals surface area contributed by atoms with Crippen molar-refractivity contribution >= 4 is 11.7 Å². The van der Waals surface area contributed by atoms with Gasteiger partial charge in [-0.2, -0.15) is 0 Å². The van der Waals surface area contributed by atoms with E-state index in [4.69, 9.17) is 0 Å². The largest absolute Gasteiger partial charge is 0.369 e. The van der Waals surface area contributed by atoms with Crippen molar-refractivity contribution in [1.29, 1.82) is 0 Å². The van der Waals surface area contributed by atoms with Crippen LogP contribution in [0.5, 0.6) is 0 Å². The van der Waals surface area contributed by atoms with Crippen molar-refractivity contribution in [3.05, 3.63) is 18.1 Å². The molecular formula is C15H24N4O. The van der Waals surface area contributed by atoms with Crippen LogP contribution in [0.1, 0.15) is 56.4 Å². The average molecular weight is 276 g/mol. The Morgan fingerprint density at radius 1 is 1.30 bits per heavy atom. The number of hydrogen-bond acceptors (Lipinski definition) is 4. The maximum absolute atomic E-state index is 12.6. The van der Waals surface area contributed by atoms with Crippen LogP contribution < -0.4 is 5.32 Å². The third kappa shape index (κ3) is 3.46. The van der Waals surface area contributed by atoms with Crippen LogP contribution in [0.3, 0.4) is 0 Å². The topological polar surface area (TPSA) is 58.1 Å². The summed E-state index contributed by atoms with van der Waals surface area (Å²) in [6.45, 7) is 5.79. The van der Waals surface area contributed by atoms with E-state index in [0.717, 1.165) is 32.4 Å². The summed E-state index contributed by atoms with van der Waals surface area (Å²) in [5.74, 6) is 0.737. The molecular weight excluding hydrogens is 252 g/mol. The smallest absolute Gasteiger partial charge is 0.274 e. The number of likely N-dealkylation sites (tertiary alicyclic amines) is 1. The van der Waals surface area contributed by atoms with Crippen LogP contribution in [0.25, 0.3) is 0 Å². The lowest BCUT2D eigenvalue weighted by Crippen LogP contribution is -2.40. The minimum Gasteiger partial charge on any atom is -0.369 e. The van der Waals surface area contributed by atoms with E-state index in [1.807, 2.05) is 11.8 Å². The number of hydrogen-bond donors (Lipinski definition) is 1. The van der Waals surface area contributed by atoms with Gasteiger partial charge in [0.1, 0.15) is 11.5 Å². The molecule has 1 aliphatic rings. The molecule has 0 saturated carbocycles. The molecule has 1 aliphatic heterocycles. The van der Waals surface area contributed by atoms with Gasteiger partial charge in [-0.25, -0.2) is 9.97 Å². The van der Waals surface area contributed by atoms with Crippen LogP contribution in [0.2, 0.25) is 0 Å². The van der Waals surface area contributed by atoms with E-state index in [-0.39, 0.29) is 5.91 Å². The monoisotopic (exact) mass is 276 g/mol. The molecule has 1 N–H and O–H groups in total. The lowest BCUT2D eigenvalue weighted by Gasteiger charge is -2.28. The zero-order valence-electron chi connectivity index (χ0n) is 12.4. The SMILES string of the molecule is CCNc1cnc(C(=O)N2CCCCCC2CC)cn1. The molecule has 1 fully saturated rings. The Morgan fingerprint density at radius 2 is 2.15 bits per heavy atom. The molecule has 1 aromatic rings. The fourth-order valence-corrected chi connectivity index (χ4v) is 2.73. The molecule has 1 aromatic heterocycles. The summed E-state index contributed by atoms with van der Waals surface area (Å²) in [6.07, 6.45) is 8.84. The van der Waals surface area contributed by atoms with Crippen molar-refractivity contribution in [3.63, 3.8) is 0 Å². The van der Waals surface area contributed by atoms with Gasteiger partial charge in [-0.15, -0.1) is 0 Å². The fraction of sp³-hybridized carbons (Fsp3) is 0.667. The Labute approximate surface area is 120 Å². The maximum atomic E-state index is 12.6. The van der Waals surface area contributed by atoms with E-state index in [2.05, 4.69) is 22.2 Å². The number of aromatic nitrogens is 2. The summed E-state index contributed by atoms with van der Waals surface area (Å²) in [4.78, 5) is 23.1. The first-order valence-corrected chi connectivity index (χ1v) is 7.63. The van der Waals surface area contributed by atoms with Gasteiger partial charge < -0.3 is 10.2 Å². The molecule has 110 valence electrons.